The van der Waals surface area contributed by atoms with Crippen LogP contribution in [0.1, 0.15) is 23.4 Å². The van der Waals surface area contributed by atoms with E-state index in [2.05, 4.69) is 20.0 Å². The van der Waals surface area contributed by atoms with Gasteiger partial charge in [-0.05, 0) is 30.0 Å². The average Bonchev–Trinajstić information content (AvgIpc) is 3.02. The summed E-state index contributed by atoms with van der Waals surface area (Å²) in [5.41, 5.74) is 0.802. The molecule has 1 aromatic carbocycles. The second-order valence-electron chi connectivity index (χ2n) is 5.08. The molecule has 2 aromatic rings. The highest BCUT2D eigenvalue weighted by Crippen LogP contribution is 2.24. The van der Waals surface area contributed by atoms with E-state index in [1.807, 2.05) is 0 Å². The van der Waals surface area contributed by atoms with Crippen molar-refractivity contribution < 1.29 is 31.4 Å². The van der Waals surface area contributed by atoms with Crippen LogP contribution in [0.2, 0.25) is 0 Å². The molecule has 0 N–H and O–H groups in total. The van der Waals surface area contributed by atoms with E-state index in [1.165, 1.54) is 25.5 Å². The fraction of sp³-hybridized carbons (Fsp3) is 0.400. The lowest BCUT2D eigenvalue weighted by Gasteiger charge is -2.11. The monoisotopic (exact) mass is 410 g/mol. The van der Waals surface area contributed by atoms with Crippen LogP contribution in [0.4, 0.5) is 22.0 Å². The summed E-state index contributed by atoms with van der Waals surface area (Å²) in [5.74, 6) is -0.283. The number of aromatic nitrogens is 3. The van der Waals surface area contributed by atoms with Gasteiger partial charge in [-0.25, -0.2) is 8.78 Å². The predicted molar refractivity (Wildman–Crippen MR) is 88.5 cm³/mol. The molecule has 0 aliphatic rings. The van der Waals surface area contributed by atoms with Crippen molar-refractivity contribution >= 4 is 18.0 Å². The van der Waals surface area contributed by atoms with Crippen LogP contribution >= 0.6 is 11.8 Å². The average molecular weight is 410 g/mol. The van der Waals surface area contributed by atoms with Crippen LogP contribution in [0.5, 0.6) is 5.75 Å². The molecule has 0 amide bonds. The molecule has 12 heteroatoms. The van der Waals surface area contributed by atoms with Gasteiger partial charge in [-0.3, -0.25) is 0 Å². The maximum Gasteiger partial charge on any atom is 0.411 e. The molecule has 6 nitrogen and oxygen atoms in total. The first-order chi connectivity index (χ1) is 12.7. The Morgan fingerprint density at radius 3 is 2.63 bits per heavy atom. The van der Waals surface area contributed by atoms with Crippen molar-refractivity contribution in [1.82, 2.24) is 14.9 Å². The number of benzene rings is 1. The molecule has 0 unspecified atom stereocenters. The topological polar surface area (TPSA) is 61.5 Å². The summed E-state index contributed by atoms with van der Waals surface area (Å²) in [4.78, 5) is 0. The minimum Gasteiger partial charge on any atom is -0.496 e. The molecule has 2 rings (SSSR count). The van der Waals surface area contributed by atoms with E-state index in [9.17, 15) is 22.0 Å². The minimum atomic E-state index is -4.44. The zero-order chi connectivity index (χ0) is 20.0. The Balaban J connectivity index is 2.23. The van der Waals surface area contributed by atoms with Gasteiger partial charge in [-0.2, -0.15) is 22.9 Å². The molecule has 148 valence electrons. The highest BCUT2D eigenvalue weighted by molar-refractivity contribution is 7.98. The summed E-state index contributed by atoms with van der Waals surface area (Å²) in [7, 11) is 1.37. The van der Waals surface area contributed by atoms with Crippen molar-refractivity contribution in [1.29, 1.82) is 0 Å². The fourth-order valence-corrected chi connectivity index (χ4v) is 2.48. The first kappa shape index (κ1) is 21.1. The lowest BCUT2D eigenvalue weighted by Crippen LogP contribution is -2.16. The molecule has 1 heterocycles. The van der Waals surface area contributed by atoms with Crippen LogP contribution in [0.25, 0.3) is 0 Å². The maximum absolute atomic E-state index is 13.0. The molecule has 0 fully saturated rings. The summed E-state index contributed by atoms with van der Waals surface area (Å²) in [6.45, 7) is -1.74. The van der Waals surface area contributed by atoms with E-state index in [4.69, 9.17) is 4.74 Å². The second kappa shape index (κ2) is 9.13. The molecule has 0 bridgehead atoms. The lowest BCUT2D eigenvalue weighted by molar-refractivity contribution is -0.176. The molecule has 27 heavy (non-hydrogen) atoms. The van der Waals surface area contributed by atoms with Crippen molar-refractivity contribution in [3.05, 3.63) is 35.2 Å². The van der Waals surface area contributed by atoms with E-state index in [0.29, 0.717) is 16.9 Å². The summed E-state index contributed by atoms with van der Waals surface area (Å²) >= 11 is 1.09. The number of halogens is 5. The van der Waals surface area contributed by atoms with E-state index in [-0.39, 0.29) is 11.8 Å². The van der Waals surface area contributed by atoms with Crippen molar-refractivity contribution in [3.63, 3.8) is 0 Å². The molecule has 0 saturated heterocycles. The van der Waals surface area contributed by atoms with E-state index in [1.54, 1.807) is 12.3 Å². The maximum atomic E-state index is 13.0. The second-order valence-corrected chi connectivity index (χ2v) is 5.85. The van der Waals surface area contributed by atoms with Crippen molar-refractivity contribution in [2.45, 2.75) is 24.4 Å². The van der Waals surface area contributed by atoms with E-state index in [0.717, 1.165) is 16.4 Å². The number of methoxy groups -OCH3 is 1. The van der Waals surface area contributed by atoms with Crippen LogP contribution in [-0.2, 0) is 11.3 Å². The molecule has 0 saturated carbocycles. The molecule has 0 atom stereocenters. The molecule has 0 radical (unpaired) electrons. The van der Waals surface area contributed by atoms with Crippen molar-refractivity contribution in [2.24, 2.45) is 5.10 Å². The van der Waals surface area contributed by atoms with Gasteiger partial charge >= 0.3 is 6.18 Å². The summed E-state index contributed by atoms with van der Waals surface area (Å²) in [6.07, 6.45) is -4.41. The predicted octanol–water partition coefficient (Wildman–Crippen LogP) is 3.91. The first-order valence-electron chi connectivity index (χ1n) is 7.38. The van der Waals surface area contributed by atoms with E-state index >= 15 is 0 Å². The van der Waals surface area contributed by atoms with Crippen LogP contribution in [0, 0.1) is 0 Å². The number of alkyl halides is 5. The van der Waals surface area contributed by atoms with Gasteiger partial charge in [0.2, 0.25) is 11.0 Å². The third-order valence-electron chi connectivity index (χ3n) is 3.16. The number of hydrogen-bond acceptors (Lipinski definition) is 6. The third kappa shape index (κ3) is 5.89. The van der Waals surface area contributed by atoms with Crippen LogP contribution in [0.15, 0.2) is 28.5 Å². The Morgan fingerprint density at radius 1 is 1.30 bits per heavy atom. The van der Waals surface area contributed by atoms with Crippen LogP contribution < -0.4 is 4.74 Å². The number of ether oxygens (including phenoxy) is 2. The molecular weight excluding hydrogens is 395 g/mol. The number of nitrogens with zero attached hydrogens (tertiary/aromatic N) is 4. The number of rotatable bonds is 8. The molecular formula is C15H15F5N4O2S. The molecule has 0 aliphatic heterocycles. The van der Waals surface area contributed by atoms with Gasteiger partial charge in [0.25, 0.3) is 6.43 Å². The Hall–Kier alpha value is -2.21. The van der Waals surface area contributed by atoms with Crippen LogP contribution in [-0.4, -0.2) is 47.2 Å². The SMILES string of the molecule is COc1ccc(C=Nn2c(SC)nnc2C(F)F)cc1COCC(F)(F)F. The van der Waals surface area contributed by atoms with Gasteiger partial charge in [-0.15, -0.1) is 10.2 Å². The van der Waals surface area contributed by atoms with Gasteiger partial charge in [0.05, 0.1) is 19.9 Å². The van der Waals surface area contributed by atoms with Gasteiger partial charge in [-0.1, -0.05) is 11.8 Å². The Kier molecular flexibility index (Phi) is 7.13. The fourth-order valence-electron chi connectivity index (χ4n) is 2.04. The standard InChI is InChI=1S/C15H15F5N4O2S/c1-25-11-4-3-9(5-10(11)7-26-8-15(18,19)20)6-21-24-13(12(16)17)22-23-14(24)27-2/h3-6,12H,7-8H2,1-2H3. The van der Waals surface area contributed by atoms with Crippen molar-refractivity contribution in [2.75, 3.05) is 20.0 Å². The third-order valence-corrected chi connectivity index (χ3v) is 3.78. The molecule has 1 aromatic heterocycles. The zero-order valence-corrected chi connectivity index (χ0v) is 15.0. The first-order valence-corrected chi connectivity index (χ1v) is 8.61. The summed E-state index contributed by atoms with van der Waals surface area (Å²) in [6, 6.07) is 4.58. The normalized spacial score (nSPS) is 12.3. The Bertz CT molecular complexity index is 795. The number of thioether (sulfide) groups is 1. The quantitative estimate of drug-likeness (QED) is 0.375. The Labute approximate surface area is 155 Å². The van der Waals surface area contributed by atoms with Crippen molar-refractivity contribution in [3.8, 4) is 5.75 Å². The highest BCUT2D eigenvalue weighted by atomic mass is 32.2. The summed E-state index contributed by atoms with van der Waals surface area (Å²) < 4.78 is 73.2. The van der Waals surface area contributed by atoms with Crippen LogP contribution in [0.3, 0.4) is 0 Å². The largest absolute Gasteiger partial charge is 0.496 e. The highest BCUT2D eigenvalue weighted by Gasteiger charge is 2.27. The lowest BCUT2D eigenvalue weighted by atomic mass is 10.1. The van der Waals surface area contributed by atoms with Gasteiger partial charge in [0.1, 0.15) is 12.4 Å². The summed E-state index contributed by atoms with van der Waals surface area (Å²) in [5, 5.41) is 11.1. The van der Waals surface area contributed by atoms with Gasteiger partial charge in [0, 0.05) is 5.56 Å². The van der Waals surface area contributed by atoms with Gasteiger partial charge < -0.3 is 9.47 Å². The molecule has 0 aliphatic carbocycles. The number of hydrogen-bond donors (Lipinski definition) is 0. The molecule has 0 spiro atoms. The van der Waals surface area contributed by atoms with Gasteiger partial charge in [0.15, 0.2) is 0 Å². The Morgan fingerprint density at radius 2 is 2.04 bits per heavy atom. The smallest absolute Gasteiger partial charge is 0.411 e. The zero-order valence-electron chi connectivity index (χ0n) is 14.2. The minimum absolute atomic E-state index is 0.170. The van der Waals surface area contributed by atoms with E-state index < -0.39 is 25.0 Å².